The molecule has 1 aromatic carbocycles. The fourth-order valence-corrected chi connectivity index (χ4v) is 4.15. The summed E-state index contributed by atoms with van der Waals surface area (Å²) in [6, 6.07) is 6.45. The number of fused-ring (bicyclic) bond motifs is 1. The van der Waals surface area contributed by atoms with Gasteiger partial charge >= 0.3 is 0 Å². The number of hydrogen-bond donors (Lipinski definition) is 1. The molecule has 0 spiro atoms. The van der Waals surface area contributed by atoms with Crippen LogP contribution in [0, 0.1) is 10.1 Å². The predicted octanol–water partition coefficient (Wildman–Crippen LogP) is 3.15. The van der Waals surface area contributed by atoms with Crippen molar-refractivity contribution in [3.05, 3.63) is 39.3 Å². The summed E-state index contributed by atoms with van der Waals surface area (Å²) < 4.78 is 0.883. The molecule has 2 unspecified atom stereocenters. The van der Waals surface area contributed by atoms with Gasteiger partial charge in [-0.1, -0.05) is 0 Å². The number of thiophene rings is 1. The zero-order valence-electron chi connectivity index (χ0n) is 12.9. The molecule has 1 fully saturated rings. The third kappa shape index (κ3) is 3.07. The van der Waals surface area contributed by atoms with Crippen molar-refractivity contribution >= 4 is 33.0 Å². The van der Waals surface area contributed by atoms with Crippen molar-refractivity contribution in [1.29, 1.82) is 0 Å². The Labute approximate surface area is 138 Å². The van der Waals surface area contributed by atoms with Crippen molar-refractivity contribution in [3.8, 4) is 0 Å². The number of nitrogens with two attached hydrogens (primary N) is 1. The Morgan fingerprint density at radius 2 is 2.22 bits per heavy atom. The standard InChI is InChI=1S/C16H19N3O3S/c1-10(17)13-4-2-3-7-18(13)16(20)15-9-11-8-12(19(21)22)5-6-14(11)23-15/h5-6,8-10,13H,2-4,7,17H2,1H3. The molecule has 6 nitrogen and oxygen atoms in total. The molecule has 1 amide bonds. The summed E-state index contributed by atoms with van der Waals surface area (Å²) in [5.41, 5.74) is 6.08. The lowest BCUT2D eigenvalue weighted by Gasteiger charge is -2.37. The highest BCUT2D eigenvalue weighted by atomic mass is 32.1. The molecule has 0 saturated carbocycles. The Kier molecular flexibility index (Phi) is 4.32. The Morgan fingerprint density at radius 1 is 1.43 bits per heavy atom. The van der Waals surface area contributed by atoms with E-state index in [9.17, 15) is 14.9 Å². The largest absolute Gasteiger partial charge is 0.333 e. The molecule has 7 heteroatoms. The monoisotopic (exact) mass is 333 g/mol. The van der Waals surface area contributed by atoms with Crippen molar-refractivity contribution in [2.45, 2.75) is 38.3 Å². The second kappa shape index (κ2) is 6.25. The number of piperidine rings is 1. The highest BCUT2D eigenvalue weighted by Crippen LogP contribution is 2.31. The fourth-order valence-electron chi connectivity index (χ4n) is 3.15. The van der Waals surface area contributed by atoms with Gasteiger partial charge in [0, 0.05) is 40.8 Å². The second-order valence-corrected chi connectivity index (χ2v) is 7.09. The maximum absolute atomic E-state index is 12.8. The van der Waals surface area contributed by atoms with E-state index in [2.05, 4.69) is 0 Å². The van der Waals surface area contributed by atoms with Crippen LogP contribution in [0.5, 0.6) is 0 Å². The number of hydrogen-bond acceptors (Lipinski definition) is 5. The van der Waals surface area contributed by atoms with Crippen molar-refractivity contribution < 1.29 is 9.72 Å². The number of nitrogens with zero attached hydrogens (tertiary/aromatic N) is 2. The topological polar surface area (TPSA) is 89.5 Å². The molecular weight excluding hydrogens is 314 g/mol. The first kappa shape index (κ1) is 15.9. The Morgan fingerprint density at radius 3 is 2.91 bits per heavy atom. The van der Waals surface area contributed by atoms with Gasteiger partial charge in [0.1, 0.15) is 0 Å². The third-order valence-corrected chi connectivity index (χ3v) is 5.44. The molecule has 2 atom stereocenters. The molecule has 0 radical (unpaired) electrons. The summed E-state index contributed by atoms with van der Waals surface area (Å²) in [4.78, 5) is 25.8. The van der Waals surface area contributed by atoms with Gasteiger partial charge in [0.2, 0.25) is 0 Å². The number of likely N-dealkylation sites (tertiary alicyclic amines) is 1. The number of nitro groups is 1. The van der Waals surface area contributed by atoms with E-state index in [1.165, 1.54) is 23.5 Å². The highest BCUT2D eigenvalue weighted by Gasteiger charge is 2.30. The van der Waals surface area contributed by atoms with Crippen LogP contribution in [-0.2, 0) is 0 Å². The molecule has 1 aliphatic heterocycles. The molecule has 1 saturated heterocycles. The third-order valence-electron chi connectivity index (χ3n) is 4.34. The molecule has 23 heavy (non-hydrogen) atoms. The Balaban J connectivity index is 1.92. The molecule has 2 N–H and O–H groups in total. The van der Waals surface area contributed by atoms with Crippen LogP contribution >= 0.6 is 11.3 Å². The van der Waals surface area contributed by atoms with Gasteiger partial charge in [-0.25, -0.2) is 0 Å². The maximum Gasteiger partial charge on any atom is 0.270 e. The van der Waals surface area contributed by atoms with E-state index >= 15 is 0 Å². The summed E-state index contributed by atoms with van der Waals surface area (Å²) in [5.74, 6) is -0.0177. The first-order valence-electron chi connectivity index (χ1n) is 7.72. The molecule has 0 aliphatic carbocycles. The lowest BCUT2D eigenvalue weighted by atomic mass is 9.97. The lowest BCUT2D eigenvalue weighted by molar-refractivity contribution is -0.384. The number of benzene rings is 1. The second-order valence-electron chi connectivity index (χ2n) is 6.01. The van der Waals surface area contributed by atoms with Crippen LogP contribution in [0.4, 0.5) is 5.69 Å². The molecule has 2 aromatic rings. The van der Waals surface area contributed by atoms with Gasteiger partial charge in [0.15, 0.2) is 0 Å². The zero-order valence-corrected chi connectivity index (χ0v) is 13.7. The highest BCUT2D eigenvalue weighted by molar-refractivity contribution is 7.20. The van der Waals surface area contributed by atoms with Gasteiger partial charge in [-0.05, 0) is 38.3 Å². The molecule has 1 aromatic heterocycles. The minimum Gasteiger partial charge on any atom is -0.333 e. The SMILES string of the molecule is CC(N)C1CCCCN1C(=O)c1cc2cc([N+](=O)[O-])ccc2s1. The van der Waals surface area contributed by atoms with Gasteiger partial charge in [-0.2, -0.15) is 0 Å². The van der Waals surface area contributed by atoms with Gasteiger partial charge in [0.05, 0.1) is 9.80 Å². The summed E-state index contributed by atoms with van der Waals surface area (Å²) in [6.07, 6.45) is 3.01. The normalized spacial score (nSPS) is 19.7. The van der Waals surface area contributed by atoms with Crippen LogP contribution < -0.4 is 5.73 Å². The molecular formula is C16H19N3O3S. The summed E-state index contributed by atoms with van der Waals surface area (Å²) >= 11 is 1.38. The van der Waals surface area contributed by atoms with E-state index in [0.29, 0.717) is 4.88 Å². The minimum absolute atomic E-state index is 0.0177. The number of rotatable bonds is 3. The van der Waals surface area contributed by atoms with Gasteiger partial charge in [-0.3, -0.25) is 14.9 Å². The van der Waals surface area contributed by atoms with E-state index in [-0.39, 0.29) is 23.7 Å². The van der Waals surface area contributed by atoms with Gasteiger partial charge in [0.25, 0.3) is 11.6 Å². The fraction of sp³-hybridized carbons (Fsp3) is 0.438. The average molecular weight is 333 g/mol. The smallest absolute Gasteiger partial charge is 0.270 e. The van der Waals surface area contributed by atoms with Crippen LogP contribution in [0.25, 0.3) is 10.1 Å². The lowest BCUT2D eigenvalue weighted by Crippen LogP contribution is -2.51. The van der Waals surface area contributed by atoms with Gasteiger partial charge < -0.3 is 10.6 Å². The number of amides is 1. The summed E-state index contributed by atoms with van der Waals surface area (Å²) in [7, 11) is 0. The number of carbonyl (C=O) groups excluding carboxylic acids is 1. The van der Waals surface area contributed by atoms with Crippen LogP contribution in [0.2, 0.25) is 0 Å². The van der Waals surface area contributed by atoms with Crippen LogP contribution in [0.15, 0.2) is 24.3 Å². The number of non-ortho nitro benzene ring substituents is 1. The molecule has 3 rings (SSSR count). The first-order chi connectivity index (χ1) is 11.0. The van der Waals surface area contributed by atoms with Crippen LogP contribution in [0.3, 0.4) is 0 Å². The Hall–Kier alpha value is -1.99. The minimum atomic E-state index is -0.421. The van der Waals surface area contributed by atoms with E-state index in [4.69, 9.17) is 5.73 Å². The molecule has 122 valence electrons. The number of nitro benzene ring substituents is 1. The molecule has 1 aliphatic rings. The van der Waals surface area contributed by atoms with Crippen molar-refractivity contribution in [2.24, 2.45) is 5.73 Å². The van der Waals surface area contributed by atoms with Gasteiger partial charge in [-0.15, -0.1) is 11.3 Å². The first-order valence-corrected chi connectivity index (χ1v) is 8.53. The van der Waals surface area contributed by atoms with E-state index in [1.807, 2.05) is 11.8 Å². The van der Waals surface area contributed by atoms with Crippen LogP contribution in [0.1, 0.15) is 35.9 Å². The zero-order chi connectivity index (χ0) is 16.6. The van der Waals surface area contributed by atoms with Crippen molar-refractivity contribution in [1.82, 2.24) is 4.90 Å². The molecule has 2 heterocycles. The van der Waals surface area contributed by atoms with E-state index < -0.39 is 4.92 Å². The Bertz CT molecular complexity index is 756. The predicted molar refractivity (Wildman–Crippen MR) is 90.8 cm³/mol. The summed E-state index contributed by atoms with van der Waals surface area (Å²) in [6.45, 7) is 2.66. The number of carbonyl (C=O) groups is 1. The van der Waals surface area contributed by atoms with E-state index in [0.717, 1.165) is 35.9 Å². The van der Waals surface area contributed by atoms with Crippen molar-refractivity contribution in [3.63, 3.8) is 0 Å². The average Bonchev–Trinajstić information content (AvgIpc) is 2.97. The van der Waals surface area contributed by atoms with E-state index in [1.54, 1.807) is 12.1 Å². The maximum atomic E-state index is 12.8. The van der Waals surface area contributed by atoms with Crippen LogP contribution in [-0.4, -0.2) is 34.4 Å². The molecule has 0 bridgehead atoms. The van der Waals surface area contributed by atoms with Crippen molar-refractivity contribution in [2.75, 3.05) is 6.54 Å². The quantitative estimate of drug-likeness (QED) is 0.690. The summed E-state index contributed by atoms with van der Waals surface area (Å²) in [5, 5.41) is 11.6.